The lowest BCUT2D eigenvalue weighted by atomic mass is 9.97. The maximum atomic E-state index is 13.0. The summed E-state index contributed by atoms with van der Waals surface area (Å²) in [7, 11) is 0. The highest BCUT2D eigenvalue weighted by Gasteiger charge is 2.50. The second-order valence-electron chi connectivity index (χ2n) is 7.58. The van der Waals surface area contributed by atoms with Crippen LogP contribution in [0.1, 0.15) is 53.3 Å². The zero-order valence-electron chi connectivity index (χ0n) is 15.9. The van der Waals surface area contributed by atoms with E-state index < -0.39 is 17.7 Å². The minimum Gasteiger partial charge on any atom is -0.507 e. The van der Waals surface area contributed by atoms with Crippen molar-refractivity contribution in [1.29, 1.82) is 0 Å². The van der Waals surface area contributed by atoms with Gasteiger partial charge in [0.05, 0.1) is 5.57 Å². The lowest BCUT2D eigenvalue weighted by Gasteiger charge is -2.30. The molecule has 1 saturated heterocycles. The van der Waals surface area contributed by atoms with Gasteiger partial charge in [0.2, 0.25) is 0 Å². The molecule has 1 N–H and O–H groups in total. The zero-order chi connectivity index (χ0) is 20.0. The number of carbonyl (C=O) groups is 2. The Morgan fingerprint density at radius 2 is 1.86 bits per heavy atom. The van der Waals surface area contributed by atoms with E-state index in [0.717, 1.165) is 46.2 Å². The molecule has 2 aliphatic rings. The average molecular weight is 460 g/mol. The van der Waals surface area contributed by atoms with Gasteiger partial charge in [-0.3, -0.25) is 9.59 Å². The third-order valence-electron chi connectivity index (χ3n) is 5.78. The highest BCUT2D eigenvalue weighted by atomic mass is 79.9. The number of Topliss-reactive ketones (excluding diaryl/α,β-unsaturated/α-hetero) is 1. The molecule has 146 valence electrons. The average Bonchev–Trinajstić information content (AvgIpc) is 3.38. The molecule has 1 unspecified atom stereocenters. The SMILES string of the molecule is Cc1cc(/C(O)=C2/C(=O)C(=O)N(C3CCCC3)C2c2sccc2C)ccc1Br. The smallest absolute Gasteiger partial charge is 0.295 e. The molecule has 28 heavy (non-hydrogen) atoms. The number of hydrogen-bond donors (Lipinski definition) is 1. The van der Waals surface area contributed by atoms with Gasteiger partial charge in [0.15, 0.2) is 0 Å². The van der Waals surface area contributed by atoms with Crippen molar-refractivity contribution in [1.82, 2.24) is 4.90 Å². The van der Waals surface area contributed by atoms with Crippen molar-refractivity contribution in [2.75, 3.05) is 0 Å². The van der Waals surface area contributed by atoms with Crippen molar-refractivity contribution in [3.63, 3.8) is 0 Å². The predicted octanol–water partition coefficient (Wildman–Crippen LogP) is 5.49. The molecule has 6 heteroatoms. The minimum atomic E-state index is -0.581. The fourth-order valence-electron chi connectivity index (χ4n) is 4.28. The predicted molar refractivity (Wildman–Crippen MR) is 114 cm³/mol. The van der Waals surface area contributed by atoms with Crippen LogP contribution in [-0.2, 0) is 9.59 Å². The summed E-state index contributed by atoms with van der Waals surface area (Å²) >= 11 is 5.00. The number of aliphatic hydroxyl groups is 1. The second kappa shape index (κ2) is 7.48. The number of ketones is 1. The minimum absolute atomic E-state index is 0.0555. The fraction of sp³-hybridized carbons (Fsp3) is 0.364. The van der Waals surface area contributed by atoms with Crippen molar-refractivity contribution in [3.8, 4) is 0 Å². The molecular formula is C22H22BrNO3S. The Morgan fingerprint density at radius 3 is 2.46 bits per heavy atom. The van der Waals surface area contributed by atoms with Crippen LogP contribution in [0.25, 0.3) is 5.76 Å². The van der Waals surface area contributed by atoms with Gasteiger partial charge in [-0.2, -0.15) is 0 Å². The molecule has 2 aromatic rings. The normalized spacial score (nSPS) is 22.4. The molecule has 2 heterocycles. The third-order valence-corrected chi connectivity index (χ3v) is 7.74. The molecule has 4 nitrogen and oxygen atoms in total. The molecule has 1 aromatic carbocycles. The van der Waals surface area contributed by atoms with Gasteiger partial charge in [-0.05, 0) is 61.4 Å². The molecule has 0 radical (unpaired) electrons. The van der Waals surface area contributed by atoms with Crippen LogP contribution in [0.5, 0.6) is 0 Å². The Bertz CT molecular complexity index is 987. The number of hydrogen-bond acceptors (Lipinski definition) is 4. The fourth-order valence-corrected chi connectivity index (χ4v) is 5.56. The topological polar surface area (TPSA) is 57.6 Å². The second-order valence-corrected chi connectivity index (χ2v) is 9.38. The standard InChI is InChI=1S/C22H22BrNO3S/c1-12-9-10-28-21(12)18-17(19(25)14-7-8-16(23)13(2)11-14)20(26)22(27)24(18)15-5-3-4-6-15/h7-11,15,18,25H,3-6H2,1-2H3/b19-17-. The summed E-state index contributed by atoms with van der Waals surface area (Å²) in [5.74, 6) is -1.16. The first-order chi connectivity index (χ1) is 13.4. The van der Waals surface area contributed by atoms with Crippen molar-refractivity contribution in [2.24, 2.45) is 0 Å². The number of halogens is 1. The van der Waals surface area contributed by atoms with Gasteiger partial charge < -0.3 is 10.0 Å². The van der Waals surface area contributed by atoms with E-state index in [4.69, 9.17) is 0 Å². The van der Waals surface area contributed by atoms with Crippen LogP contribution in [0.3, 0.4) is 0 Å². The summed E-state index contributed by atoms with van der Waals surface area (Å²) in [5.41, 5.74) is 2.77. The van der Waals surface area contributed by atoms with Crippen LogP contribution in [0, 0.1) is 13.8 Å². The number of rotatable bonds is 3. The van der Waals surface area contributed by atoms with E-state index in [-0.39, 0.29) is 17.4 Å². The van der Waals surface area contributed by atoms with Gasteiger partial charge in [-0.25, -0.2) is 0 Å². The number of carbonyl (C=O) groups excluding carboxylic acids is 2. The Hall–Kier alpha value is -1.92. The van der Waals surface area contributed by atoms with E-state index in [2.05, 4.69) is 15.9 Å². The summed E-state index contributed by atoms with van der Waals surface area (Å²) in [4.78, 5) is 28.7. The number of nitrogens with zero attached hydrogens (tertiary/aromatic N) is 1. The van der Waals surface area contributed by atoms with E-state index in [0.29, 0.717) is 5.56 Å². The molecule has 0 bridgehead atoms. The lowest BCUT2D eigenvalue weighted by Crippen LogP contribution is -2.37. The molecule has 1 amide bonds. The number of amides is 1. The Kier molecular flexibility index (Phi) is 5.19. The first-order valence-electron chi connectivity index (χ1n) is 9.50. The molecule has 0 spiro atoms. The molecule has 1 aliphatic heterocycles. The van der Waals surface area contributed by atoms with Crippen molar-refractivity contribution >= 4 is 44.7 Å². The Labute approximate surface area is 177 Å². The number of benzene rings is 1. The van der Waals surface area contributed by atoms with Gasteiger partial charge in [0.1, 0.15) is 11.8 Å². The Morgan fingerprint density at radius 1 is 1.14 bits per heavy atom. The molecule has 4 rings (SSSR count). The van der Waals surface area contributed by atoms with Gasteiger partial charge in [-0.1, -0.05) is 34.8 Å². The number of aryl methyl sites for hydroxylation is 2. The van der Waals surface area contributed by atoms with Crippen molar-refractivity contribution in [2.45, 2.75) is 51.6 Å². The van der Waals surface area contributed by atoms with Crippen LogP contribution in [0.2, 0.25) is 0 Å². The summed E-state index contributed by atoms with van der Waals surface area (Å²) < 4.78 is 0.932. The third kappa shape index (κ3) is 3.12. The molecule has 1 aliphatic carbocycles. The van der Waals surface area contributed by atoms with Gasteiger partial charge in [0.25, 0.3) is 11.7 Å². The van der Waals surface area contributed by atoms with Crippen LogP contribution in [-0.4, -0.2) is 27.7 Å². The first-order valence-corrected chi connectivity index (χ1v) is 11.2. The van der Waals surface area contributed by atoms with Gasteiger partial charge >= 0.3 is 0 Å². The maximum Gasteiger partial charge on any atom is 0.295 e. The van der Waals surface area contributed by atoms with Crippen LogP contribution >= 0.6 is 27.3 Å². The summed E-state index contributed by atoms with van der Waals surface area (Å²) in [6.45, 7) is 3.92. The van der Waals surface area contributed by atoms with Crippen molar-refractivity contribution in [3.05, 3.63) is 61.3 Å². The maximum absolute atomic E-state index is 13.0. The number of likely N-dealkylation sites (tertiary alicyclic amines) is 1. The van der Waals surface area contributed by atoms with Gasteiger partial charge in [0, 0.05) is 21.0 Å². The Balaban J connectivity index is 1.90. The van der Waals surface area contributed by atoms with E-state index >= 15 is 0 Å². The first kappa shape index (κ1) is 19.4. The summed E-state index contributed by atoms with van der Waals surface area (Å²) in [6, 6.07) is 7.00. The highest BCUT2D eigenvalue weighted by molar-refractivity contribution is 9.10. The lowest BCUT2D eigenvalue weighted by molar-refractivity contribution is -0.141. The molecule has 1 saturated carbocycles. The number of thiophene rings is 1. The zero-order valence-corrected chi connectivity index (χ0v) is 18.3. The van der Waals surface area contributed by atoms with E-state index in [1.165, 1.54) is 11.3 Å². The van der Waals surface area contributed by atoms with E-state index in [1.807, 2.05) is 37.4 Å². The van der Waals surface area contributed by atoms with E-state index in [1.54, 1.807) is 11.0 Å². The van der Waals surface area contributed by atoms with Crippen LogP contribution in [0.4, 0.5) is 0 Å². The van der Waals surface area contributed by atoms with Crippen molar-refractivity contribution < 1.29 is 14.7 Å². The molecule has 1 atom stereocenters. The summed E-state index contributed by atoms with van der Waals surface area (Å²) in [6.07, 6.45) is 3.95. The summed E-state index contributed by atoms with van der Waals surface area (Å²) in [5, 5.41) is 13.1. The monoisotopic (exact) mass is 459 g/mol. The van der Waals surface area contributed by atoms with Crippen LogP contribution in [0.15, 0.2) is 39.7 Å². The quantitative estimate of drug-likeness (QED) is 0.374. The number of aliphatic hydroxyl groups excluding tert-OH is 1. The highest BCUT2D eigenvalue weighted by Crippen LogP contribution is 2.45. The molecule has 1 aromatic heterocycles. The van der Waals surface area contributed by atoms with Gasteiger partial charge in [-0.15, -0.1) is 11.3 Å². The van der Waals surface area contributed by atoms with E-state index in [9.17, 15) is 14.7 Å². The molecular weight excluding hydrogens is 438 g/mol. The van der Waals surface area contributed by atoms with Crippen LogP contribution < -0.4 is 0 Å². The molecule has 2 fully saturated rings. The largest absolute Gasteiger partial charge is 0.507 e.